The molecule has 1 saturated heterocycles. The van der Waals surface area contributed by atoms with Crippen LogP contribution in [0.3, 0.4) is 0 Å². The molecule has 0 atom stereocenters. The van der Waals surface area contributed by atoms with Crippen LogP contribution in [-0.4, -0.2) is 52.2 Å². The summed E-state index contributed by atoms with van der Waals surface area (Å²) in [4.78, 5) is 43.6. The fraction of sp³-hybridized carbons (Fsp3) is 0.520. The molecule has 9 nitrogen and oxygen atoms in total. The van der Waals surface area contributed by atoms with E-state index in [0.29, 0.717) is 44.7 Å². The number of aryl methyl sites for hydroxylation is 1. The maximum absolute atomic E-state index is 12.9. The average molecular weight is 472 g/mol. The van der Waals surface area contributed by atoms with Crippen molar-refractivity contribution >= 4 is 12.0 Å². The Morgan fingerprint density at radius 3 is 2.59 bits per heavy atom. The van der Waals surface area contributed by atoms with Gasteiger partial charge in [0.15, 0.2) is 5.76 Å². The van der Waals surface area contributed by atoms with Gasteiger partial charge in [0.05, 0.1) is 0 Å². The molecule has 0 saturated carbocycles. The molecule has 9 heteroatoms. The van der Waals surface area contributed by atoms with E-state index in [0.717, 1.165) is 5.69 Å². The van der Waals surface area contributed by atoms with Crippen LogP contribution in [0.5, 0.6) is 5.75 Å². The minimum absolute atomic E-state index is 0.0112. The molecule has 2 amide bonds. The number of nitrogens with one attached hydrogen (secondary N) is 1. The first-order chi connectivity index (χ1) is 16.0. The van der Waals surface area contributed by atoms with Gasteiger partial charge in [0, 0.05) is 55.8 Å². The van der Waals surface area contributed by atoms with E-state index in [9.17, 15) is 19.5 Å². The van der Waals surface area contributed by atoms with Gasteiger partial charge in [-0.2, -0.15) is 0 Å². The summed E-state index contributed by atoms with van der Waals surface area (Å²) in [5.41, 5.74) is -1.24. The van der Waals surface area contributed by atoms with Gasteiger partial charge < -0.3 is 24.5 Å². The molecule has 1 fully saturated rings. The van der Waals surface area contributed by atoms with E-state index >= 15 is 0 Å². The van der Waals surface area contributed by atoms with E-state index < -0.39 is 28.3 Å². The number of carbonyl (C=O) groups is 2. The van der Waals surface area contributed by atoms with Crippen molar-refractivity contribution in [2.45, 2.75) is 64.4 Å². The lowest BCUT2D eigenvalue weighted by atomic mass is 9.72. The summed E-state index contributed by atoms with van der Waals surface area (Å²) >= 11 is 0. The third-order valence-electron chi connectivity index (χ3n) is 5.83. The number of hydrogen-bond donors (Lipinski definition) is 2. The molecule has 2 N–H and O–H groups in total. The molecule has 1 aliphatic rings. The Morgan fingerprint density at radius 1 is 1.26 bits per heavy atom. The summed E-state index contributed by atoms with van der Waals surface area (Å²) in [6, 6.07) is 6.83. The second kappa shape index (κ2) is 10.3. The van der Waals surface area contributed by atoms with Crippen LogP contribution in [-0.2, 0) is 21.4 Å². The van der Waals surface area contributed by atoms with Crippen molar-refractivity contribution in [3.05, 3.63) is 57.9 Å². The van der Waals surface area contributed by atoms with E-state index in [4.69, 9.17) is 9.15 Å². The normalized spacial score (nSPS) is 15.6. The fourth-order valence-corrected chi connectivity index (χ4v) is 4.14. The van der Waals surface area contributed by atoms with Crippen LogP contribution in [0.2, 0.25) is 0 Å². The number of ether oxygens (including phenoxy) is 1. The van der Waals surface area contributed by atoms with Crippen molar-refractivity contribution in [3.63, 3.8) is 0 Å². The van der Waals surface area contributed by atoms with Crippen LogP contribution in [0.15, 0.2) is 39.7 Å². The van der Waals surface area contributed by atoms with Gasteiger partial charge in [0.2, 0.25) is 17.1 Å². The average Bonchev–Trinajstić information content (AvgIpc) is 2.76. The summed E-state index contributed by atoms with van der Waals surface area (Å²) in [7, 11) is 0. The van der Waals surface area contributed by atoms with E-state index in [1.165, 1.54) is 6.07 Å². The zero-order chi connectivity index (χ0) is 24.9. The smallest absolute Gasteiger partial charge is 0.410 e. The predicted octanol–water partition coefficient (Wildman–Crippen LogP) is 3.07. The molecule has 2 aromatic heterocycles. The third kappa shape index (κ3) is 6.36. The molecular formula is C25H33N3O6. The SMILES string of the molecule is Cc1cc(=O)c(O)c(C2(CC(=O)NCCc3ccccn3)CCN(C(=O)OC(C)(C)C)CC2)o1. The highest BCUT2D eigenvalue weighted by Gasteiger charge is 2.44. The Bertz CT molecular complexity index is 1070. The molecule has 0 radical (unpaired) electrons. The number of amides is 2. The topological polar surface area (TPSA) is 122 Å². The van der Waals surface area contributed by atoms with Crippen LogP contribution < -0.4 is 10.7 Å². The van der Waals surface area contributed by atoms with Crippen LogP contribution in [0.25, 0.3) is 0 Å². The van der Waals surface area contributed by atoms with Crippen molar-refractivity contribution in [1.29, 1.82) is 0 Å². The number of hydrogen-bond acceptors (Lipinski definition) is 7. The highest BCUT2D eigenvalue weighted by Crippen LogP contribution is 2.42. The largest absolute Gasteiger partial charge is 0.502 e. The van der Waals surface area contributed by atoms with Crippen molar-refractivity contribution in [2.24, 2.45) is 0 Å². The Morgan fingerprint density at radius 2 is 1.97 bits per heavy atom. The standard InChI is InChI=1S/C25H33N3O6/c1-17-15-19(29)21(31)22(33-17)25(9-13-28(14-10-25)23(32)34-24(2,3)4)16-20(30)27-12-8-18-7-5-6-11-26-18/h5-7,11,15,31H,8-10,12-14,16H2,1-4H3,(H,27,30). The molecule has 0 aromatic carbocycles. The van der Waals surface area contributed by atoms with Gasteiger partial charge >= 0.3 is 6.09 Å². The Hall–Kier alpha value is -3.36. The first-order valence-electron chi connectivity index (χ1n) is 11.5. The third-order valence-corrected chi connectivity index (χ3v) is 5.83. The van der Waals surface area contributed by atoms with Gasteiger partial charge in [-0.1, -0.05) is 6.07 Å². The van der Waals surface area contributed by atoms with E-state index in [-0.39, 0.29) is 18.1 Å². The van der Waals surface area contributed by atoms with Gasteiger partial charge in [0.25, 0.3) is 0 Å². The first kappa shape index (κ1) is 25.3. The van der Waals surface area contributed by atoms with Gasteiger partial charge in [-0.3, -0.25) is 14.6 Å². The van der Waals surface area contributed by atoms with E-state index in [1.807, 2.05) is 18.2 Å². The number of piperidine rings is 1. The van der Waals surface area contributed by atoms with Crippen molar-refractivity contribution in [1.82, 2.24) is 15.2 Å². The predicted molar refractivity (Wildman–Crippen MR) is 126 cm³/mol. The highest BCUT2D eigenvalue weighted by atomic mass is 16.6. The van der Waals surface area contributed by atoms with Crippen LogP contribution in [0.4, 0.5) is 4.79 Å². The lowest BCUT2D eigenvalue weighted by molar-refractivity contribution is -0.123. The molecule has 184 valence electrons. The summed E-state index contributed by atoms with van der Waals surface area (Å²) < 4.78 is 11.3. The van der Waals surface area contributed by atoms with Crippen LogP contribution >= 0.6 is 0 Å². The number of likely N-dealkylation sites (tertiary alicyclic amines) is 1. The number of aromatic hydroxyl groups is 1. The van der Waals surface area contributed by atoms with Gasteiger partial charge in [-0.05, 0) is 52.7 Å². The quantitative estimate of drug-likeness (QED) is 0.664. The highest BCUT2D eigenvalue weighted by molar-refractivity contribution is 5.78. The minimum Gasteiger partial charge on any atom is -0.502 e. The molecule has 0 unspecified atom stereocenters. The second-order valence-electron chi connectivity index (χ2n) is 9.74. The van der Waals surface area contributed by atoms with E-state index in [1.54, 1.807) is 38.8 Å². The van der Waals surface area contributed by atoms with Gasteiger partial charge in [0.1, 0.15) is 11.4 Å². The maximum Gasteiger partial charge on any atom is 0.410 e. The molecule has 0 bridgehead atoms. The lowest BCUT2D eigenvalue weighted by Crippen LogP contribution is -2.48. The minimum atomic E-state index is -0.928. The molecule has 1 aliphatic heterocycles. The Balaban J connectivity index is 1.77. The summed E-state index contributed by atoms with van der Waals surface area (Å²) in [6.45, 7) is 8.02. The number of nitrogens with zero attached hydrogens (tertiary/aromatic N) is 2. The number of rotatable bonds is 6. The molecule has 2 aromatic rings. The van der Waals surface area contributed by atoms with Crippen molar-refractivity contribution < 1.29 is 23.8 Å². The molecule has 0 spiro atoms. The number of carbonyl (C=O) groups excluding carboxylic acids is 2. The zero-order valence-electron chi connectivity index (χ0n) is 20.2. The number of pyridine rings is 1. The van der Waals surface area contributed by atoms with Crippen LogP contribution in [0, 0.1) is 6.92 Å². The maximum atomic E-state index is 12.9. The van der Waals surface area contributed by atoms with Crippen LogP contribution in [0.1, 0.15) is 57.2 Å². The van der Waals surface area contributed by atoms with E-state index in [2.05, 4.69) is 10.3 Å². The Labute approximate surface area is 199 Å². The first-order valence-corrected chi connectivity index (χ1v) is 11.5. The molecule has 3 rings (SSSR count). The second-order valence-corrected chi connectivity index (χ2v) is 9.74. The summed E-state index contributed by atoms with van der Waals surface area (Å²) in [5.74, 6) is -0.272. The molecular weight excluding hydrogens is 438 g/mol. The number of aromatic nitrogens is 1. The van der Waals surface area contributed by atoms with Gasteiger partial charge in [-0.25, -0.2) is 4.79 Å². The summed E-state index contributed by atoms with van der Waals surface area (Å²) in [6.07, 6.45) is 2.52. The molecule has 3 heterocycles. The monoisotopic (exact) mass is 471 g/mol. The summed E-state index contributed by atoms with van der Waals surface area (Å²) in [5, 5.41) is 13.5. The fourth-order valence-electron chi connectivity index (χ4n) is 4.14. The lowest BCUT2D eigenvalue weighted by Gasteiger charge is -2.41. The van der Waals surface area contributed by atoms with Crippen molar-refractivity contribution in [3.8, 4) is 5.75 Å². The van der Waals surface area contributed by atoms with Gasteiger partial charge in [-0.15, -0.1) is 0 Å². The van der Waals surface area contributed by atoms with Crippen molar-refractivity contribution in [2.75, 3.05) is 19.6 Å². The molecule has 34 heavy (non-hydrogen) atoms. The zero-order valence-corrected chi connectivity index (χ0v) is 20.2. The Kier molecular flexibility index (Phi) is 7.64. The molecule has 0 aliphatic carbocycles.